The molecule has 3 aliphatic heterocycles. The number of likely N-dealkylation sites (tertiary alicyclic amines) is 1. The van der Waals surface area contributed by atoms with E-state index in [0.717, 1.165) is 55.7 Å². The molecule has 4 heterocycles. The Balaban J connectivity index is 1.10. The van der Waals surface area contributed by atoms with Gasteiger partial charge in [0.05, 0.1) is 22.2 Å². The molecule has 2 bridgehead atoms. The third-order valence-corrected chi connectivity index (χ3v) is 12.5. The van der Waals surface area contributed by atoms with Crippen molar-refractivity contribution in [3.63, 3.8) is 0 Å². The van der Waals surface area contributed by atoms with Crippen molar-refractivity contribution in [1.82, 2.24) is 19.4 Å². The molecule has 3 fully saturated rings. The monoisotopic (exact) mass is 703 g/mol. The molecule has 11 heteroatoms. The number of para-hydroxylation sites is 2. The average molecular weight is 704 g/mol. The maximum atomic E-state index is 13.7. The number of rotatable bonds is 9. The lowest BCUT2D eigenvalue weighted by Crippen LogP contribution is -2.49. The number of halogens is 1. The molecule has 3 aliphatic rings. The van der Waals surface area contributed by atoms with Gasteiger partial charge in [-0.25, -0.2) is 18.5 Å². The van der Waals surface area contributed by atoms with E-state index in [1.807, 2.05) is 24.8 Å². The van der Waals surface area contributed by atoms with E-state index in [1.54, 1.807) is 6.07 Å². The molecular formula is C38H46ClN5O4S. The summed E-state index contributed by atoms with van der Waals surface area (Å²) in [6.07, 6.45) is 7.36. The van der Waals surface area contributed by atoms with Crippen LogP contribution in [-0.4, -0.2) is 71.5 Å². The fourth-order valence-electron chi connectivity index (χ4n) is 8.82. The number of carbonyl (C=O) groups excluding carboxylic acids is 1. The molecule has 3 atom stereocenters. The molecule has 0 unspecified atom stereocenters. The van der Waals surface area contributed by atoms with Crippen molar-refractivity contribution < 1.29 is 17.9 Å². The number of amides is 1. The van der Waals surface area contributed by atoms with Crippen LogP contribution < -0.4 is 9.88 Å². The van der Waals surface area contributed by atoms with Gasteiger partial charge >= 0.3 is 0 Å². The van der Waals surface area contributed by atoms with Crippen molar-refractivity contribution in [2.75, 3.05) is 19.6 Å². The SMILES string of the molecule is Cc1nc2ccccc2n1[C@H]1C[C@H]2CC[C@@H](C1)N2CCC1(c2cccc(OC(C)C)c2)CCN(C(=O)c2ccc(Cl)c(S(N)(=O)=O)c2)CC1. The normalized spacial score (nSPS) is 22.6. The van der Waals surface area contributed by atoms with Gasteiger partial charge in [-0.3, -0.25) is 9.69 Å². The highest BCUT2D eigenvalue weighted by Gasteiger charge is 2.44. The number of sulfonamides is 1. The largest absolute Gasteiger partial charge is 0.491 e. The molecule has 0 spiro atoms. The van der Waals surface area contributed by atoms with Crippen LogP contribution in [0.15, 0.2) is 71.6 Å². The number of aromatic nitrogens is 2. The Kier molecular flexibility index (Phi) is 9.28. The Bertz CT molecular complexity index is 1960. The zero-order valence-corrected chi connectivity index (χ0v) is 30.1. The highest BCUT2D eigenvalue weighted by Crippen LogP contribution is 2.45. The molecule has 4 aromatic rings. The number of piperidine rings is 2. The maximum Gasteiger partial charge on any atom is 0.253 e. The number of aryl methyl sites for hydroxylation is 1. The zero-order valence-electron chi connectivity index (χ0n) is 28.5. The van der Waals surface area contributed by atoms with Gasteiger partial charge in [0, 0.05) is 42.2 Å². The zero-order chi connectivity index (χ0) is 34.5. The van der Waals surface area contributed by atoms with E-state index in [1.165, 1.54) is 36.1 Å². The minimum atomic E-state index is -4.06. The summed E-state index contributed by atoms with van der Waals surface area (Å²) in [5.74, 6) is 1.75. The fourth-order valence-corrected chi connectivity index (χ4v) is 9.89. The summed E-state index contributed by atoms with van der Waals surface area (Å²) in [4.78, 5) is 22.9. The molecule has 2 N–H and O–H groups in total. The van der Waals surface area contributed by atoms with E-state index in [2.05, 4.69) is 58.9 Å². The van der Waals surface area contributed by atoms with Gasteiger partial charge in [-0.2, -0.15) is 0 Å². The standard InChI is InChI=1S/C38H46ClN5O4S/c1-25(2)48-32-8-6-7-28(22-32)38(15-18-42(19-16-38)37(45)27-11-14-33(39)36(21-27)49(40,46)47)17-20-43-29-12-13-30(43)24-31(23-29)44-26(3)41-34-9-4-5-10-35(34)44/h4-11,14,21-22,25,29-31H,12-13,15-20,23-24H2,1-3H3,(H2,40,46,47)/t29-,30+,31+. The molecule has 1 aromatic heterocycles. The lowest BCUT2D eigenvalue weighted by atomic mass is 9.70. The quantitative estimate of drug-likeness (QED) is 0.204. The van der Waals surface area contributed by atoms with Crippen LogP contribution in [-0.2, 0) is 15.4 Å². The van der Waals surface area contributed by atoms with Crippen LogP contribution in [0.5, 0.6) is 5.75 Å². The third-order valence-electron chi connectivity index (χ3n) is 11.2. The lowest BCUT2D eigenvalue weighted by Gasteiger charge is -2.46. The van der Waals surface area contributed by atoms with Crippen LogP contribution in [0.25, 0.3) is 11.0 Å². The van der Waals surface area contributed by atoms with E-state index in [-0.39, 0.29) is 32.9 Å². The molecule has 1 amide bonds. The lowest BCUT2D eigenvalue weighted by molar-refractivity contribution is 0.0606. The molecule has 0 aliphatic carbocycles. The number of nitrogens with two attached hydrogens (primary N) is 1. The Hall–Kier alpha value is -3.44. The van der Waals surface area contributed by atoms with Crippen LogP contribution in [0.2, 0.25) is 5.02 Å². The summed E-state index contributed by atoms with van der Waals surface area (Å²) in [5.41, 5.74) is 3.70. The van der Waals surface area contributed by atoms with E-state index in [9.17, 15) is 13.2 Å². The molecule has 0 saturated carbocycles. The summed E-state index contributed by atoms with van der Waals surface area (Å²) < 4.78 is 32.8. The predicted octanol–water partition coefficient (Wildman–Crippen LogP) is 6.86. The molecule has 0 radical (unpaired) electrons. The number of fused-ring (bicyclic) bond motifs is 3. The minimum Gasteiger partial charge on any atom is -0.491 e. The van der Waals surface area contributed by atoms with Gasteiger partial charge in [-0.15, -0.1) is 0 Å². The average Bonchev–Trinajstić information content (AvgIpc) is 3.53. The van der Waals surface area contributed by atoms with Crippen molar-refractivity contribution in [3.8, 4) is 5.75 Å². The van der Waals surface area contributed by atoms with Gasteiger partial charge in [0.25, 0.3) is 5.91 Å². The maximum absolute atomic E-state index is 13.7. The highest BCUT2D eigenvalue weighted by molar-refractivity contribution is 7.89. The van der Waals surface area contributed by atoms with E-state index in [0.29, 0.717) is 31.2 Å². The number of benzene rings is 3. The van der Waals surface area contributed by atoms with E-state index < -0.39 is 10.0 Å². The topological polar surface area (TPSA) is 111 Å². The van der Waals surface area contributed by atoms with Crippen molar-refractivity contribution in [2.24, 2.45) is 5.14 Å². The van der Waals surface area contributed by atoms with E-state index in [4.69, 9.17) is 26.5 Å². The molecular weight excluding hydrogens is 658 g/mol. The third kappa shape index (κ3) is 6.72. The van der Waals surface area contributed by atoms with Gasteiger partial charge in [0.15, 0.2) is 0 Å². The first-order valence-corrected chi connectivity index (χ1v) is 19.4. The summed E-state index contributed by atoms with van der Waals surface area (Å²) in [7, 11) is -4.06. The number of carbonyl (C=O) groups is 1. The Morgan fingerprint density at radius 2 is 1.71 bits per heavy atom. The number of hydrogen-bond acceptors (Lipinski definition) is 6. The minimum absolute atomic E-state index is 0.00622. The number of primary sulfonamides is 1. The van der Waals surface area contributed by atoms with Crippen molar-refractivity contribution in [3.05, 3.63) is 88.7 Å². The summed E-state index contributed by atoms with van der Waals surface area (Å²) in [5, 5.41) is 5.38. The first-order valence-electron chi connectivity index (χ1n) is 17.5. The summed E-state index contributed by atoms with van der Waals surface area (Å²) in [6.45, 7) is 8.34. The highest BCUT2D eigenvalue weighted by atomic mass is 35.5. The molecule has 3 aromatic carbocycles. The Morgan fingerprint density at radius 3 is 2.41 bits per heavy atom. The Labute approximate surface area is 294 Å². The number of imidazole rings is 1. The smallest absolute Gasteiger partial charge is 0.253 e. The first kappa shape index (κ1) is 34.0. The van der Waals surface area contributed by atoms with Crippen LogP contribution >= 0.6 is 11.6 Å². The van der Waals surface area contributed by atoms with Crippen LogP contribution in [0.3, 0.4) is 0 Å². The molecule has 3 saturated heterocycles. The number of nitrogens with zero attached hydrogens (tertiary/aromatic N) is 4. The molecule has 7 rings (SSSR count). The van der Waals surface area contributed by atoms with Crippen LogP contribution in [0.4, 0.5) is 0 Å². The van der Waals surface area contributed by atoms with Gasteiger partial charge in [-0.1, -0.05) is 35.9 Å². The van der Waals surface area contributed by atoms with Crippen molar-refractivity contribution in [1.29, 1.82) is 0 Å². The second-order valence-electron chi connectivity index (χ2n) is 14.5. The van der Waals surface area contributed by atoms with Crippen molar-refractivity contribution >= 4 is 38.6 Å². The molecule has 9 nitrogen and oxygen atoms in total. The van der Waals surface area contributed by atoms with Crippen LogP contribution in [0, 0.1) is 6.92 Å². The van der Waals surface area contributed by atoms with Gasteiger partial charge < -0.3 is 14.2 Å². The van der Waals surface area contributed by atoms with Gasteiger partial charge in [-0.05, 0) is 120 Å². The molecule has 260 valence electrons. The Morgan fingerprint density at radius 1 is 1.00 bits per heavy atom. The van der Waals surface area contributed by atoms with E-state index >= 15 is 0 Å². The predicted molar refractivity (Wildman–Crippen MR) is 193 cm³/mol. The second-order valence-corrected chi connectivity index (χ2v) is 16.4. The van der Waals surface area contributed by atoms with Crippen molar-refractivity contribution in [2.45, 2.75) is 100 Å². The second kappa shape index (κ2) is 13.4. The number of hydrogen-bond donors (Lipinski definition) is 1. The van der Waals surface area contributed by atoms with Gasteiger partial charge in [0.1, 0.15) is 16.5 Å². The summed E-state index contributed by atoms with van der Waals surface area (Å²) in [6, 6.07) is 22.8. The van der Waals surface area contributed by atoms with Gasteiger partial charge in [0.2, 0.25) is 10.0 Å². The van der Waals surface area contributed by atoms with Crippen LogP contribution in [0.1, 0.15) is 86.6 Å². The first-order chi connectivity index (χ1) is 23.4. The molecule has 49 heavy (non-hydrogen) atoms. The number of ether oxygens (including phenoxy) is 1. The summed E-state index contributed by atoms with van der Waals surface area (Å²) >= 11 is 6.11. The fraction of sp³-hybridized carbons (Fsp3) is 0.474.